The average Bonchev–Trinajstić information content (AvgIpc) is 3.18. The highest BCUT2D eigenvalue weighted by Crippen LogP contribution is 2.23. The van der Waals surface area contributed by atoms with Crippen molar-refractivity contribution < 1.29 is 27.5 Å². The van der Waals surface area contributed by atoms with Gasteiger partial charge in [0.15, 0.2) is 6.61 Å². The van der Waals surface area contributed by atoms with Gasteiger partial charge in [-0.2, -0.15) is 18.3 Å². The number of amides is 1. The van der Waals surface area contributed by atoms with Crippen molar-refractivity contribution in [3.05, 3.63) is 84.1 Å². The SMILES string of the molecule is O=C(COC(=O)/C=C/c1cn(Cc2ccccc2)nc1-c1ccccc1)NCC(F)(F)F. The number of ether oxygens (including phenoxy) is 1. The number of esters is 1. The maximum Gasteiger partial charge on any atom is 0.405 e. The first kappa shape index (κ1) is 22.8. The first-order valence-electron chi connectivity index (χ1n) is 9.65. The van der Waals surface area contributed by atoms with Crippen LogP contribution in [0.25, 0.3) is 17.3 Å². The van der Waals surface area contributed by atoms with Crippen LogP contribution in [0.4, 0.5) is 13.2 Å². The quantitative estimate of drug-likeness (QED) is 0.424. The van der Waals surface area contributed by atoms with Gasteiger partial charge in [-0.15, -0.1) is 0 Å². The summed E-state index contributed by atoms with van der Waals surface area (Å²) >= 11 is 0. The number of hydrogen-bond donors (Lipinski definition) is 1. The molecule has 3 rings (SSSR count). The number of carbonyl (C=O) groups is 2. The van der Waals surface area contributed by atoms with E-state index in [0.717, 1.165) is 17.2 Å². The van der Waals surface area contributed by atoms with Crippen molar-refractivity contribution in [2.45, 2.75) is 12.7 Å². The molecule has 166 valence electrons. The Morgan fingerprint density at radius 2 is 1.69 bits per heavy atom. The normalized spacial score (nSPS) is 11.5. The fraction of sp³-hybridized carbons (Fsp3) is 0.174. The Morgan fingerprint density at radius 3 is 2.34 bits per heavy atom. The minimum atomic E-state index is -4.53. The molecule has 32 heavy (non-hydrogen) atoms. The van der Waals surface area contributed by atoms with Crippen LogP contribution in [0.3, 0.4) is 0 Å². The van der Waals surface area contributed by atoms with Gasteiger partial charge in [-0.05, 0) is 11.6 Å². The van der Waals surface area contributed by atoms with Crippen molar-refractivity contribution in [3.63, 3.8) is 0 Å². The standard InChI is InChI=1S/C23H20F3N3O3/c24-23(25,26)16-27-20(30)15-32-21(31)12-11-19-14-29(13-17-7-3-1-4-8-17)28-22(19)18-9-5-2-6-10-18/h1-12,14H,13,15-16H2,(H,27,30)/b12-11+. The molecule has 9 heteroatoms. The molecule has 0 spiro atoms. The van der Waals surface area contributed by atoms with Gasteiger partial charge in [-0.3, -0.25) is 9.48 Å². The number of nitrogens with one attached hydrogen (secondary N) is 1. The van der Waals surface area contributed by atoms with E-state index in [1.807, 2.05) is 60.7 Å². The van der Waals surface area contributed by atoms with Gasteiger partial charge in [0.2, 0.25) is 0 Å². The molecule has 1 amide bonds. The molecule has 0 bridgehead atoms. The van der Waals surface area contributed by atoms with E-state index in [-0.39, 0.29) is 0 Å². The molecule has 1 heterocycles. The second-order valence-electron chi connectivity index (χ2n) is 6.82. The molecule has 0 fully saturated rings. The number of rotatable bonds is 8. The summed E-state index contributed by atoms with van der Waals surface area (Å²) in [6.45, 7) is -1.77. The first-order chi connectivity index (χ1) is 15.3. The maximum absolute atomic E-state index is 12.1. The van der Waals surface area contributed by atoms with Gasteiger partial charge in [-0.1, -0.05) is 60.7 Å². The van der Waals surface area contributed by atoms with Crippen LogP contribution in [0, 0.1) is 0 Å². The Kier molecular flexibility index (Phi) is 7.43. The van der Waals surface area contributed by atoms with Gasteiger partial charge in [0.25, 0.3) is 5.91 Å². The average molecular weight is 443 g/mol. The van der Waals surface area contributed by atoms with E-state index < -0.39 is 31.2 Å². The molecule has 0 saturated carbocycles. The van der Waals surface area contributed by atoms with Crippen molar-refractivity contribution >= 4 is 18.0 Å². The number of carbonyl (C=O) groups excluding carboxylic acids is 2. The topological polar surface area (TPSA) is 73.2 Å². The zero-order chi connectivity index (χ0) is 23.0. The monoisotopic (exact) mass is 443 g/mol. The van der Waals surface area contributed by atoms with E-state index >= 15 is 0 Å². The fourth-order valence-corrected chi connectivity index (χ4v) is 2.82. The predicted octanol–water partition coefficient (Wildman–Crippen LogP) is 3.83. The summed E-state index contributed by atoms with van der Waals surface area (Å²) in [5, 5.41) is 6.25. The predicted molar refractivity (Wildman–Crippen MR) is 112 cm³/mol. The number of halogens is 3. The van der Waals surface area contributed by atoms with Gasteiger partial charge in [-0.25, -0.2) is 4.79 Å². The van der Waals surface area contributed by atoms with Crippen LogP contribution >= 0.6 is 0 Å². The van der Waals surface area contributed by atoms with Crippen molar-refractivity contribution in [1.29, 1.82) is 0 Å². The lowest BCUT2D eigenvalue weighted by Crippen LogP contribution is -2.36. The van der Waals surface area contributed by atoms with Crippen molar-refractivity contribution in [2.75, 3.05) is 13.2 Å². The number of aromatic nitrogens is 2. The Morgan fingerprint density at radius 1 is 1.03 bits per heavy atom. The summed E-state index contributed by atoms with van der Waals surface area (Å²) in [5.41, 5.74) is 3.19. The Hall–Kier alpha value is -3.88. The van der Waals surface area contributed by atoms with Crippen LogP contribution in [-0.2, 0) is 20.9 Å². The van der Waals surface area contributed by atoms with Crippen LogP contribution < -0.4 is 5.32 Å². The Balaban J connectivity index is 1.69. The van der Waals surface area contributed by atoms with Gasteiger partial charge >= 0.3 is 12.1 Å². The lowest BCUT2D eigenvalue weighted by Gasteiger charge is -2.07. The van der Waals surface area contributed by atoms with E-state index in [9.17, 15) is 22.8 Å². The molecule has 1 aromatic heterocycles. The minimum absolute atomic E-state index is 0.526. The lowest BCUT2D eigenvalue weighted by atomic mass is 10.1. The van der Waals surface area contributed by atoms with Crippen molar-refractivity contribution in [3.8, 4) is 11.3 Å². The summed E-state index contributed by atoms with van der Waals surface area (Å²) in [6.07, 6.45) is -0.164. The van der Waals surface area contributed by atoms with Crippen molar-refractivity contribution in [2.24, 2.45) is 0 Å². The molecule has 6 nitrogen and oxygen atoms in total. The van der Waals surface area contributed by atoms with E-state index in [2.05, 4.69) is 5.10 Å². The van der Waals surface area contributed by atoms with E-state index in [4.69, 9.17) is 4.74 Å². The molecule has 0 saturated heterocycles. The van der Waals surface area contributed by atoms with Crippen LogP contribution in [0.2, 0.25) is 0 Å². The van der Waals surface area contributed by atoms with Crippen molar-refractivity contribution in [1.82, 2.24) is 15.1 Å². The van der Waals surface area contributed by atoms with Crippen LogP contribution in [-0.4, -0.2) is 41.0 Å². The zero-order valence-corrected chi connectivity index (χ0v) is 16.9. The molecular formula is C23H20F3N3O3. The molecular weight excluding hydrogens is 423 g/mol. The number of alkyl halides is 3. The fourth-order valence-electron chi connectivity index (χ4n) is 2.82. The summed E-state index contributed by atoms with van der Waals surface area (Å²) in [5.74, 6) is -1.90. The van der Waals surface area contributed by atoms with E-state index in [0.29, 0.717) is 17.8 Å². The van der Waals surface area contributed by atoms with Gasteiger partial charge < -0.3 is 10.1 Å². The lowest BCUT2D eigenvalue weighted by molar-refractivity contribution is -0.148. The second kappa shape index (κ2) is 10.4. The third-order valence-electron chi connectivity index (χ3n) is 4.26. The molecule has 0 aliphatic heterocycles. The molecule has 0 aliphatic carbocycles. The third kappa shape index (κ3) is 7.12. The highest BCUT2D eigenvalue weighted by Gasteiger charge is 2.27. The number of hydrogen-bond acceptors (Lipinski definition) is 4. The summed E-state index contributed by atoms with van der Waals surface area (Å²) in [6, 6.07) is 19.1. The zero-order valence-electron chi connectivity index (χ0n) is 16.9. The minimum Gasteiger partial charge on any atom is -0.452 e. The summed E-state index contributed by atoms with van der Waals surface area (Å²) in [4.78, 5) is 23.3. The highest BCUT2D eigenvalue weighted by atomic mass is 19.4. The first-order valence-corrected chi connectivity index (χ1v) is 9.65. The van der Waals surface area contributed by atoms with E-state index in [1.165, 1.54) is 6.08 Å². The third-order valence-corrected chi connectivity index (χ3v) is 4.26. The van der Waals surface area contributed by atoms with E-state index in [1.54, 1.807) is 16.2 Å². The molecule has 0 atom stereocenters. The molecule has 3 aromatic rings. The summed E-state index contributed by atoms with van der Waals surface area (Å²) in [7, 11) is 0. The second-order valence-corrected chi connectivity index (χ2v) is 6.82. The molecule has 0 unspecified atom stereocenters. The van der Waals surface area contributed by atoms with Crippen LogP contribution in [0.1, 0.15) is 11.1 Å². The maximum atomic E-state index is 12.1. The number of benzene rings is 2. The van der Waals surface area contributed by atoms with Crippen LogP contribution in [0.15, 0.2) is 72.9 Å². The largest absolute Gasteiger partial charge is 0.452 e. The molecule has 2 aromatic carbocycles. The Bertz CT molecular complexity index is 1080. The van der Waals surface area contributed by atoms with Gasteiger partial charge in [0, 0.05) is 23.4 Å². The molecule has 0 radical (unpaired) electrons. The van der Waals surface area contributed by atoms with Gasteiger partial charge in [0.1, 0.15) is 6.54 Å². The number of nitrogens with zero attached hydrogens (tertiary/aromatic N) is 2. The van der Waals surface area contributed by atoms with Crippen LogP contribution in [0.5, 0.6) is 0 Å². The van der Waals surface area contributed by atoms with Gasteiger partial charge in [0.05, 0.1) is 12.2 Å². The molecule has 1 N–H and O–H groups in total. The summed E-state index contributed by atoms with van der Waals surface area (Å²) < 4.78 is 42.7. The smallest absolute Gasteiger partial charge is 0.405 e. The molecule has 0 aliphatic rings. The highest BCUT2D eigenvalue weighted by molar-refractivity contribution is 5.90. The Labute approximate surface area is 182 Å².